The van der Waals surface area contributed by atoms with Crippen molar-refractivity contribution in [3.8, 4) is 11.3 Å². The van der Waals surface area contributed by atoms with Gasteiger partial charge < -0.3 is 4.42 Å². The highest BCUT2D eigenvalue weighted by molar-refractivity contribution is 9.10. The van der Waals surface area contributed by atoms with E-state index in [4.69, 9.17) is 27.6 Å². The topological polar surface area (TPSA) is 67.5 Å². The third-order valence-electron chi connectivity index (χ3n) is 3.17. The number of benzene rings is 1. The van der Waals surface area contributed by atoms with Crippen LogP contribution in [0.4, 0.5) is 0 Å². The number of hydrogen-bond donors (Lipinski definition) is 1. The first-order chi connectivity index (χ1) is 12.0. The standard InChI is InChI=1S/C17H10BrCl2N3O2/c18-11-6-10(7-21-8-11)17(24)23-22-9-12-4-5-15(25-12)13-2-1-3-14(19)16(13)20/h1-9H,(H,23,24). The van der Waals surface area contributed by atoms with Crippen LogP contribution < -0.4 is 5.43 Å². The molecule has 1 amide bonds. The van der Waals surface area contributed by atoms with Gasteiger partial charge in [-0.1, -0.05) is 29.3 Å². The van der Waals surface area contributed by atoms with E-state index >= 15 is 0 Å². The lowest BCUT2D eigenvalue weighted by Crippen LogP contribution is -2.17. The van der Waals surface area contributed by atoms with Gasteiger partial charge in [0, 0.05) is 22.4 Å². The zero-order valence-corrected chi connectivity index (χ0v) is 15.6. The van der Waals surface area contributed by atoms with E-state index in [9.17, 15) is 4.79 Å². The van der Waals surface area contributed by atoms with E-state index in [1.54, 1.807) is 42.6 Å². The fourth-order valence-corrected chi connectivity index (χ4v) is 2.77. The number of hydrogen-bond acceptors (Lipinski definition) is 4. The van der Waals surface area contributed by atoms with Crippen LogP contribution in [0.25, 0.3) is 11.3 Å². The van der Waals surface area contributed by atoms with Crippen LogP contribution in [-0.4, -0.2) is 17.1 Å². The van der Waals surface area contributed by atoms with Crippen LogP contribution in [0.5, 0.6) is 0 Å². The molecule has 0 aliphatic rings. The zero-order chi connectivity index (χ0) is 17.8. The first-order valence-electron chi connectivity index (χ1n) is 7.03. The summed E-state index contributed by atoms with van der Waals surface area (Å²) in [6.07, 6.45) is 4.43. The molecule has 2 aromatic heterocycles. The Balaban J connectivity index is 1.70. The van der Waals surface area contributed by atoms with Crippen molar-refractivity contribution in [2.75, 3.05) is 0 Å². The Morgan fingerprint density at radius 1 is 1.24 bits per heavy atom. The van der Waals surface area contributed by atoms with Crippen molar-refractivity contribution in [1.29, 1.82) is 0 Å². The van der Waals surface area contributed by atoms with Gasteiger partial charge in [0.2, 0.25) is 0 Å². The molecule has 3 rings (SSSR count). The van der Waals surface area contributed by atoms with E-state index < -0.39 is 0 Å². The number of pyridine rings is 1. The smallest absolute Gasteiger partial charge is 0.272 e. The van der Waals surface area contributed by atoms with Crippen molar-refractivity contribution < 1.29 is 9.21 Å². The van der Waals surface area contributed by atoms with Crippen LogP contribution >= 0.6 is 39.1 Å². The molecule has 0 fully saturated rings. The minimum absolute atomic E-state index is 0.380. The van der Waals surface area contributed by atoms with E-state index in [2.05, 4.69) is 31.4 Å². The first kappa shape index (κ1) is 17.7. The van der Waals surface area contributed by atoms with Gasteiger partial charge in [0.1, 0.15) is 11.5 Å². The highest BCUT2D eigenvalue weighted by atomic mass is 79.9. The molecule has 25 heavy (non-hydrogen) atoms. The largest absolute Gasteiger partial charge is 0.455 e. The molecule has 0 aliphatic heterocycles. The number of carbonyl (C=O) groups is 1. The Bertz CT molecular complexity index is 957. The van der Waals surface area contributed by atoms with Gasteiger partial charge >= 0.3 is 0 Å². The number of nitrogens with zero attached hydrogens (tertiary/aromatic N) is 2. The Morgan fingerprint density at radius 2 is 2.08 bits per heavy atom. The molecule has 126 valence electrons. The second-order valence-corrected chi connectivity index (χ2v) is 6.60. The molecule has 0 aliphatic carbocycles. The number of furan rings is 1. The normalized spacial score (nSPS) is 11.0. The van der Waals surface area contributed by atoms with Gasteiger partial charge in [0.25, 0.3) is 5.91 Å². The monoisotopic (exact) mass is 437 g/mol. The highest BCUT2D eigenvalue weighted by Gasteiger charge is 2.10. The second-order valence-electron chi connectivity index (χ2n) is 4.89. The van der Waals surface area contributed by atoms with Gasteiger partial charge in [0.05, 0.1) is 21.8 Å². The number of hydrazone groups is 1. The summed E-state index contributed by atoms with van der Waals surface area (Å²) in [5.74, 6) is 0.630. The van der Waals surface area contributed by atoms with Crippen molar-refractivity contribution >= 4 is 51.3 Å². The van der Waals surface area contributed by atoms with Gasteiger partial charge in [-0.25, -0.2) is 5.43 Å². The summed E-state index contributed by atoms with van der Waals surface area (Å²) in [5.41, 5.74) is 3.47. The van der Waals surface area contributed by atoms with Crippen LogP contribution in [0.1, 0.15) is 16.1 Å². The molecule has 3 aromatic rings. The predicted molar refractivity (Wildman–Crippen MR) is 101 cm³/mol. The van der Waals surface area contributed by atoms with E-state index in [0.717, 1.165) is 0 Å². The fourth-order valence-electron chi connectivity index (χ4n) is 2.02. The van der Waals surface area contributed by atoms with Crippen molar-refractivity contribution in [2.24, 2.45) is 5.10 Å². The molecule has 5 nitrogen and oxygen atoms in total. The summed E-state index contributed by atoms with van der Waals surface area (Å²) in [6.45, 7) is 0. The van der Waals surface area contributed by atoms with Crippen LogP contribution in [-0.2, 0) is 0 Å². The average molecular weight is 439 g/mol. The van der Waals surface area contributed by atoms with Gasteiger partial charge in [-0.05, 0) is 46.3 Å². The van der Waals surface area contributed by atoms with Gasteiger partial charge in [-0.3, -0.25) is 9.78 Å². The number of nitrogens with one attached hydrogen (secondary N) is 1. The molecule has 0 bridgehead atoms. The quantitative estimate of drug-likeness (QED) is 0.451. The van der Waals surface area contributed by atoms with Gasteiger partial charge in [-0.15, -0.1) is 0 Å². The number of amides is 1. The summed E-state index contributed by atoms with van der Waals surface area (Å²) in [7, 11) is 0. The predicted octanol–water partition coefficient (Wildman–Crippen LogP) is 5.17. The molecular weight excluding hydrogens is 429 g/mol. The number of carbonyl (C=O) groups excluding carboxylic acids is 1. The minimum Gasteiger partial charge on any atom is -0.455 e. The number of rotatable bonds is 4. The maximum atomic E-state index is 11.9. The van der Waals surface area contributed by atoms with Crippen molar-refractivity contribution in [1.82, 2.24) is 10.4 Å². The van der Waals surface area contributed by atoms with E-state index in [-0.39, 0.29) is 5.91 Å². The van der Waals surface area contributed by atoms with Crippen LogP contribution in [0.15, 0.2) is 62.8 Å². The molecule has 0 radical (unpaired) electrons. The molecular formula is C17H10BrCl2N3O2. The molecule has 1 N–H and O–H groups in total. The molecule has 0 unspecified atom stereocenters. The summed E-state index contributed by atoms with van der Waals surface area (Å²) >= 11 is 15.4. The average Bonchev–Trinajstić information content (AvgIpc) is 3.06. The molecule has 0 saturated heterocycles. The number of halogens is 3. The van der Waals surface area contributed by atoms with Crippen LogP contribution in [0.3, 0.4) is 0 Å². The van der Waals surface area contributed by atoms with Gasteiger partial charge in [-0.2, -0.15) is 5.10 Å². The highest BCUT2D eigenvalue weighted by Crippen LogP contribution is 2.34. The Hall–Kier alpha value is -2.15. The third-order valence-corrected chi connectivity index (χ3v) is 4.42. The molecule has 1 aromatic carbocycles. The van der Waals surface area contributed by atoms with E-state index in [1.807, 2.05) is 0 Å². The first-order valence-corrected chi connectivity index (χ1v) is 8.57. The Kier molecular flexibility index (Phi) is 5.53. The van der Waals surface area contributed by atoms with Gasteiger partial charge in [0.15, 0.2) is 0 Å². The lowest BCUT2D eigenvalue weighted by molar-refractivity contribution is 0.0954. The summed E-state index contributed by atoms with van der Waals surface area (Å²) in [4.78, 5) is 15.9. The lowest BCUT2D eigenvalue weighted by atomic mass is 10.2. The van der Waals surface area contributed by atoms with Crippen LogP contribution in [0.2, 0.25) is 10.0 Å². The Morgan fingerprint density at radius 3 is 2.88 bits per heavy atom. The zero-order valence-electron chi connectivity index (χ0n) is 12.5. The summed E-state index contributed by atoms with van der Waals surface area (Å²) in [6, 6.07) is 10.4. The maximum Gasteiger partial charge on any atom is 0.272 e. The van der Waals surface area contributed by atoms with Crippen molar-refractivity contribution in [3.63, 3.8) is 0 Å². The molecule has 0 saturated carbocycles. The summed E-state index contributed by atoms with van der Waals surface area (Å²) in [5, 5.41) is 4.73. The molecule has 2 heterocycles. The molecule has 0 spiro atoms. The SMILES string of the molecule is O=C(NN=Cc1ccc(-c2cccc(Cl)c2Cl)o1)c1cncc(Br)c1. The van der Waals surface area contributed by atoms with Crippen molar-refractivity contribution in [2.45, 2.75) is 0 Å². The fraction of sp³-hybridized carbons (Fsp3) is 0. The van der Waals surface area contributed by atoms with E-state index in [0.29, 0.717) is 37.2 Å². The third kappa shape index (κ3) is 4.28. The van der Waals surface area contributed by atoms with Crippen LogP contribution in [0, 0.1) is 0 Å². The lowest BCUT2D eigenvalue weighted by Gasteiger charge is -2.02. The molecule has 8 heteroatoms. The summed E-state index contributed by atoms with van der Waals surface area (Å²) < 4.78 is 6.36. The molecule has 0 atom stereocenters. The maximum absolute atomic E-state index is 11.9. The van der Waals surface area contributed by atoms with Crippen molar-refractivity contribution in [3.05, 3.63) is 74.6 Å². The Labute approximate surface area is 161 Å². The minimum atomic E-state index is -0.380. The number of aromatic nitrogens is 1. The van der Waals surface area contributed by atoms with E-state index in [1.165, 1.54) is 12.4 Å². The second kappa shape index (κ2) is 7.82.